The maximum atomic E-state index is 12.5. The molecule has 0 saturated carbocycles. The Hall–Kier alpha value is -0.770. The molecule has 1 N–H and O–H groups in total. The highest BCUT2D eigenvalue weighted by Gasteiger charge is 2.36. The summed E-state index contributed by atoms with van der Waals surface area (Å²) in [5.41, 5.74) is 0.580. The number of hydrogen-bond donors (Lipinski definition) is 1. The van der Waals surface area contributed by atoms with E-state index in [9.17, 15) is 4.79 Å². The van der Waals surface area contributed by atoms with Crippen LogP contribution in [-0.2, 0) is 0 Å². The molecule has 2 saturated heterocycles. The van der Waals surface area contributed by atoms with Crippen molar-refractivity contribution in [2.75, 3.05) is 19.6 Å². The van der Waals surface area contributed by atoms with E-state index in [1.54, 1.807) is 18.2 Å². The Bertz CT molecular complexity index is 472. The fraction of sp³-hybridized carbons (Fsp3) is 0.500. The highest BCUT2D eigenvalue weighted by molar-refractivity contribution is 6.35. The van der Waals surface area contributed by atoms with Crippen molar-refractivity contribution in [3.05, 3.63) is 33.8 Å². The van der Waals surface area contributed by atoms with Gasteiger partial charge in [-0.2, -0.15) is 0 Å². The Labute approximate surface area is 122 Å². The van der Waals surface area contributed by atoms with Crippen molar-refractivity contribution < 1.29 is 4.79 Å². The van der Waals surface area contributed by atoms with Crippen molar-refractivity contribution in [2.45, 2.75) is 18.9 Å². The van der Waals surface area contributed by atoms with Crippen LogP contribution < -0.4 is 5.32 Å². The van der Waals surface area contributed by atoms with Crippen molar-refractivity contribution in [3.8, 4) is 0 Å². The van der Waals surface area contributed by atoms with Gasteiger partial charge < -0.3 is 10.2 Å². The lowest BCUT2D eigenvalue weighted by Crippen LogP contribution is -2.41. The van der Waals surface area contributed by atoms with Gasteiger partial charge in [-0.25, -0.2) is 0 Å². The maximum absolute atomic E-state index is 12.5. The smallest absolute Gasteiger partial charge is 0.254 e. The Morgan fingerprint density at radius 1 is 1.21 bits per heavy atom. The summed E-state index contributed by atoms with van der Waals surface area (Å²) in [5.74, 6) is 0.618. The normalized spacial score (nSPS) is 26.3. The molecule has 3 rings (SSSR count). The zero-order chi connectivity index (χ0) is 13.4. The van der Waals surface area contributed by atoms with Crippen LogP contribution in [0.15, 0.2) is 18.2 Å². The second kappa shape index (κ2) is 5.31. The van der Waals surface area contributed by atoms with E-state index in [1.807, 2.05) is 4.90 Å². The standard InChI is InChI=1S/C14H16Cl2N2O/c15-11-4-10(5-12(16)6-11)14(19)18-7-9-2-1-3-17-13(9)8-18/h4-6,9,13,17H,1-3,7-8H2. The van der Waals surface area contributed by atoms with Crippen LogP contribution in [0.25, 0.3) is 0 Å². The average molecular weight is 299 g/mol. The molecule has 5 heteroatoms. The van der Waals surface area contributed by atoms with Crippen molar-refractivity contribution in [1.82, 2.24) is 10.2 Å². The van der Waals surface area contributed by atoms with Crippen molar-refractivity contribution in [1.29, 1.82) is 0 Å². The van der Waals surface area contributed by atoms with E-state index in [0.717, 1.165) is 19.6 Å². The molecule has 0 aromatic heterocycles. The summed E-state index contributed by atoms with van der Waals surface area (Å²) in [6.07, 6.45) is 2.41. The summed E-state index contributed by atoms with van der Waals surface area (Å²) >= 11 is 11.9. The molecule has 2 atom stereocenters. The third-order valence-corrected chi connectivity index (χ3v) is 4.43. The molecule has 2 heterocycles. The number of carbonyl (C=O) groups excluding carboxylic acids is 1. The quantitative estimate of drug-likeness (QED) is 0.865. The molecule has 0 bridgehead atoms. The predicted octanol–water partition coefficient (Wildman–Crippen LogP) is 2.82. The average Bonchev–Trinajstić information content (AvgIpc) is 2.80. The van der Waals surface area contributed by atoms with Crippen LogP contribution >= 0.6 is 23.2 Å². The molecule has 1 amide bonds. The van der Waals surface area contributed by atoms with Gasteiger partial charge in [0.05, 0.1) is 0 Å². The highest BCUT2D eigenvalue weighted by Crippen LogP contribution is 2.27. The van der Waals surface area contributed by atoms with Gasteiger partial charge in [-0.15, -0.1) is 0 Å². The molecule has 3 nitrogen and oxygen atoms in total. The summed E-state index contributed by atoms with van der Waals surface area (Å²) in [6, 6.07) is 5.47. The number of amides is 1. The van der Waals surface area contributed by atoms with Gasteiger partial charge in [0.1, 0.15) is 0 Å². The van der Waals surface area contributed by atoms with Crippen molar-refractivity contribution in [2.24, 2.45) is 5.92 Å². The first kappa shape index (κ1) is 13.2. The summed E-state index contributed by atoms with van der Waals surface area (Å²) < 4.78 is 0. The molecule has 2 aliphatic heterocycles. The Morgan fingerprint density at radius 2 is 1.95 bits per heavy atom. The molecular weight excluding hydrogens is 283 g/mol. The zero-order valence-corrected chi connectivity index (χ0v) is 12.0. The van der Waals surface area contributed by atoms with E-state index < -0.39 is 0 Å². The third kappa shape index (κ3) is 2.73. The van der Waals surface area contributed by atoms with Crippen molar-refractivity contribution in [3.63, 3.8) is 0 Å². The first-order valence-electron chi connectivity index (χ1n) is 6.62. The van der Waals surface area contributed by atoms with Gasteiger partial charge in [-0.05, 0) is 43.5 Å². The van der Waals surface area contributed by atoms with Crippen LogP contribution in [0.1, 0.15) is 23.2 Å². The highest BCUT2D eigenvalue weighted by atomic mass is 35.5. The molecule has 0 spiro atoms. The molecule has 1 aromatic carbocycles. The van der Waals surface area contributed by atoms with E-state index in [1.165, 1.54) is 12.8 Å². The summed E-state index contributed by atoms with van der Waals surface area (Å²) in [7, 11) is 0. The van der Waals surface area contributed by atoms with Gasteiger partial charge in [0.2, 0.25) is 0 Å². The fourth-order valence-electron chi connectivity index (χ4n) is 3.07. The molecule has 0 aliphatic carbocycles. The number of carbonyl (C=O) groups is 1. The minimum Gasteiger partial charge on any atom is -0.337 e. The molecule has 1 aromatic rings. The van der Waals surface area contributed by atoms with Gasteiger partial charge in [0.25, 0.3) is 5.91 Å². The summed E-state index contributed by atoms with van der Waals surface area (Å²) in [5, 5.41) is 4.50. The van der Waals surface area contributed by atoms with Crippen LogP contribution in [0.5, 0.6) is 0 Å². The van der Waals surface area contributed by atoms with Crippen LogP contribution in [0.3, 0.4) is 0 Å². The van der Waals surface area contributed by atoms with Crippen LogP contribution in [0.4, 0.5) is 0 Å². The maximum Gasteiger partial charge on any atom is 0.254 e. The Kier molecular flexibility index (Phi) is 3.70. The minimum absolute atomic E-state index is 0.0283. The largest absolute Gasteiger partial charge is 0.337 e. The minimum atomic E-state index is 0.0283. The molecule has 2 aliphatic rings. The van der Waals surface area contributed by atoms with Crippen LogP contribution in [0.2, 0.25) is 10.0 Å². The third-order valence-electron chi connectivity index (χ3n) is 4.00. The van der Waals surface area contributed by atoms with Crippen molar-refractivity contribution >= 4 is 29.1 Å². The number of piperidine rings is 1. The van der Waals surface area contributed by atoms with E-state index in [0.29, 0.717) is 27.6 Å². The van der Waals surface area contributed by atoms with Gasteiger partial charge >= 0.3 is 0 Å². The molecule has 2 unspecified atom stereocenters. The van der Waals surface area contributed by atoms with E-state index >= 15 is 0 Å². The predicted molar refractivity (Wildman–Crippen MR) is 76.9 cm³/mol. The monoisotopic (exact) mass is 298 g/mol. The molecule has 2 fully saturated rings. The van der Waals surface area contributed by atoms with Crippen LogP contribution in [-0.4, -0.2) is 36.5 Å². The molecule has 102 valence electrons. The number of nitrogens with zero attached hydrogens (tertiary/aromatic N) is 1. The second-order valence-corrected chi connectivity index (χ2v) is 6.20. The molecular formula is C14H16Cl2N2O. The van der Waals surface area contributed by atoms with E-state index in [2.05, 4.69) is 5.32 Å². The van der Waals surface area contributed by atoms with E-state index in [-0.39, 0.29) is 5.91 Å². The number of benzene rings is 1. The SMILES string of the molecule is O=C(c1cc(Cl)cc(Cl)c1)N1CC2CCCNC2C1. The first-order chi connectivity index (χ1) is 9.13. The molecule has 19 heavy (non-hydrogen) atoms. The Balaban J connectivity index is 1.77. The number of halogens is 2. The number of nitrogens with one attached hydrogen (secondary N) is 1. The lowest BCUT2D eigenvalue weighted by Gasteiger charge is -2.24. The van der Waals surface area contributed by atoms with E-state index in [4.69, 9.17) is 23.2 Å². The Morgan fingerprint density at radius 3 is 2.63 bits per heavy atom. The number of fused-ring (bicyclic) bond motifs is 1. The van der Waals surface area contributed by atoms with Crippen LogP contribution in [0, 0.1) is 5.92 Å². The van der Waals surface area contributed by atoms with Gasteiger partial charge in [-0.1, -0.05) is 23.2 Å². The lowest BCUT2D eigenvalue weighted by atomic mass is 9.94. The summed E-state index contributed by atoms with van der Waals surface area (Å²) in [6.45, 7) is 2.68. The zero-order valence-electron chi connectivity index (χ0n) is 10.5. The fourth-order valence-corrected chi connectivity index (χ4v) is 3.60. The number of rotatable bonds is 1. The molecule has 0 radical (unpaired) electrons. The van der Waals surface area contributed by atoms with Gasteiger partial charge in [0, 0.05) is 34.7 Å². The number of likely N-dealkylation sites (tertiary alicyclic amines) is 1. The van der Waals surface area contributed by atoms with Gasteiger partial charge in [0.15, 0.2) is 0 Å². The lowest BCUT2D eigenvalue weighted by molar-refractivity contribution is 0.0785. The summed E-state index contributed by atoms with van der Waals surface area (Å²) in [4.78, 5) is 14.4. The van der Waals surface area contributed by atoms with Gasteiger partial charge in [-0.3, -0.25) is 4.79 Å². The first-order valence-corrected chi connectivity index (χ1v) is 7.38. The topological polar surface area (TPSA) is 32.3 Å². The number of hydrogen-bond acceptors (Lipinski definition) is 2. The second-order valence-electron chi connectivity index (χ2n) is 5.33.